The van der Waals surface area contributed by atoms with E-state index in [0.29, 0.717) is 0 Å². The topological polar surface area (TPSA) is 26.7 Å². The van der Waals surface area contributed by atoms with Gasteiger partial charge in [0, 0.05) is 25.0 Å². The summed E-state index contributed by atoms with van der Waals surface area (Å²) in [6.45, 7) is 4.33. The molecule has 0 unspecified atom stereocenters. The van der Waals surface area contributed by atoms with E-state index in [1.54, 1.807) is 0 Å². The van der Waals surface area contributed by atoms with Crippen LogP contribution in [0.5, 0.6) is 0 Å². The molecule has 0 bridgehead atoms. The fourth-order valence-electron chi connectivity index (χ4n) is 3.35. The number of benzene rings is 1. The van der Waals surface area contributed by atoms with Gasteiger partial charge in [0.1, 0.15) is 0 Å². The second-order valence-corrected chi connectivity index (χ2v) is 6.55. The zero-order valence-corrected chi connectivity index (χ0v) is 13.3. The lowest BCUT2D eigenvalue weighted by Gasteiger charge is -2.43. The zero-order chi connectivity index (χ0) is 15.1. The molecule has 116 valence electrons. The van der Waals surface area contributed by atoms with Crippen molar-refractivity contribution in [1.82, 2.24) is 9.80 Å². The fourth-order valence-corrected chi connectivity index (χ4v) is 3.35. The van der Waals surface area contributed by atoms with Crippen LogP contribution in [-0.2, 0) is 0 Å². The molecule has 21 heavy (non-hydrogen) atoms. The van der Waals surface area contributed by atoms with Crippen molar-refractivity contribution >= 4 is 6.08 Å². The number of hydrogen-bond acceptors (Lipinski definition) is 3. The first-order chi connectivity index (χ1) is 10.1. The van der Waals surface area contributed by atoms with Crippen molar-refractivity contribution in [2.24, 2.45) is 5.41 Å². The van der Waals surface area contributed by atoms with Crippen LogP contribution in [0.3, 0.4) is 0 Å². The van der Waals surface area contributed by atoms with Gasteiger partial charge in [-0.05, 0) is 39.0 Å². The molecule has 1 aromatic rings. The van der Waals surface area contributed by atoms with E-state index in [-0.39, 0.29) is 12.0 Å². The first-order valence-electron chi connectivity index (χ1n) is 7.83. The molecule has 0 radical (unpaired) electrons. The number of rotatable bonds is 6. The summed E-state index contributed by atoms with van der Waals surface area (Å²) in [5.41, 5.74) is 1.29. The van der Waals surface area contributed by atoms with Gasteiger partial charge in [0.05, 0.1) is 6.61 Å². The summed E-state index contributed by atoms with van der Waals surface area (Å²) < 4.78 is 0. The highest BCUT2D eigenvalue weighted by Crippen LogP contribution is 2.30. The Hall–Kier alpha value is -1.16. The van der Waals surface area contributed by atoms with Crippen LogP contribution >= 0.6 is 0 Å². The predicted molar refractivity (Wildman–Crippen MR) is 89.2 cm³/mol. The predicted octanol–water partition coefficient (Wildman–Crippen LogP) is 2.34. The molecule has 0 saturated carbocycles. The first-order valence-corrected chi connectivity index (χ1v) is 7.83. The quantitative estimate of drug-likeness (QED) is 0.870. The maximum absolute atomic E-state index is 9.84. The van der Waals surface area contributed by atoms with E-state index < -0.39 is 0 Å². The minimum Gasteiger partial charge on any atom is -0.396 e. The van der Waals surface area contributed by atoms with Crippen LogP contribution in [-0.4, -0.2) is 61.8 Å². The van der Waals surface area contributed by atoms with E-state index >= 15 is 0 Å². The second kappa shape index (κ2) is 7.74. The SMILES string of the molecule is CN(C)C[C@]1(CO)CCCN(C/C=C/c2ccccc2)C1. The Morgan fingerprint density at radius 1 is 1.29 bits per heavy atom. The minimum atomic E-state index is 0.0440. The van der Waals surface area contributed by atoms with Crippen LogP contribution in [0, 0.1) is 5.41 Å². The molecule has 0 aromatic heterocycles. The van der Waals surface area contributed by atoms with E-state index in [0.717, 1.165) is 32.6 Å². The number of aliphatic hydroxyl groups excluding tert-OH is 1. The Morgan fingerprint density at radius 3 is 2.71 bits per heavy atom. The van der Waals surface area contributed by atoms with Crippen molar-refractivity contribution in [2.75, 3.05) is 46.9 Å². The van der Waals surface area contributed by atoms with Crippen molar-refractivity contribution in [2.45, 2.75) is 12.8 Å². The summed E-state index contributed by atoms with van der Waals surface area (Å²) in [6, 6.07) is 10.4. The van der Waals surface area contributed by atoms with Gasteiger partial charge in [0.15, 0.2) is 0 Å². The molecule has 1 saturated heterocycles. The minimum absolute atomic E-state index is 0.0440. The van der Waals surface area contributed by atoms with Gasteiger partial charge in [-0.15, -0.1) is 0 Å². The Morgan fingerprint density at radius 2 is 2.05 bits per heavy atom. The van der Waals surface area contributed by atoms with Gasteiger partial charge in [-0.3, -0.25) is 4.90 Å². The molecule has 1 aromatic carbocycles. The number of hydrogen-bond donors (Lipinski definition) is 1. The van der Waals surface area contributed by atoms with Gasteiger partial charge in [0.2, 0.25) is 0 Å². The molecular formula is C18H28N2O. The smallest absolute Gasteiger partial charge is 0.0512 e. The average Bonchev–Trinajstić information content (AvgIpc) is 2.48. The highest BCUT2D eigenvalue weighted by molar-refractivity contribution is 5.48. The third-order valence-electron chi connectivity index (χ3n) is 4.20. The van der Waals surface area contributed by atoms with Crippen LogP contribution in [0.25, 0.3) is 6.08 Å². The monoisotopic (exact) mass is 288 g/mol. The number of piperidine rings is 1. The van der Waals surface area contributed by atoms with Gasteiger partial charge in [-0.1, -0.05) is 42.5 Å². The Balaban J connectivity index is 1.90. The van der Waals surface area contributed by atoms with Crippen molar-refractivity contribution in [3.05, 3.63) is 42.0 Å². The Bertz CT molecular complexity index is 444. The van der Waals surface area contributed by atoms with Crippen molar-refractivity contribution < 1.29 is 5.11 Å². The van der Waals surface area contributed by atoms with E-state index in [2.05, 4.69) is 60.3 Å². The Kier molecular flexibility index (Phi) is 5.97. The van der Waals surface area contributed by atoms with Gasteiger partial charge in [0.25, 0.3) is 0 Å². The molecule has 1 aliphatic heterocycles. The van der Waals surface area contributed by atoms with Crippen molar-refractivity contribution in [3.8, 4) is 0 Å². The lowest BCUT2D eigenvalue weighted by Crippen LogP contribution is -2.50. The molecule has 2 rings (SSSR count). The van der Waals surface area contributed by atoms with E-state index in [4.69, 9.17) is 0 Å². The van der Waals surface area contributed by atoms with E-state index in [1.807, 2.05) is 6.07 Å². The molecule has 3 nitrogen and oxygen atoms in total. The maximum atomic E-state index is 9.84. The molecular weight excluding hydrogens is 260 g/mol. The summed E-state index contributed by atoms with van der Waals surface area (Å²) in [6.07, 6.45) is 6.72. The molecule has 0 spiro atoms. The number of likely N-dealkylation sites (tertiary alicyclic amines) is 1. The van der Waals surface area contributed by atoms with Crippen LogP contribution in [0.15, 0.2) is 36.4 Å². The summed E-state index contributed by atoms with van der Waals surface area (Å²) >= 11 is 0. The standard InChI is InChI=1S/C18H28N2O/c1-19(2)14-18(16-21)11-7-13-20(15-18)12-6-10-17-8-4-3-5-9-17/h3-6,8-10,21H,7,11-16H2,1-2H3/b10-6+/t18-/m1/s1. The molecule has 0 aliphatic carbocycles. The van der Waals surface area contributed by atoms with Gasteiger partial charge < -0.3 is 10.0 Å². The highest BCUT2D eigenvalue weighted by Gasteiger charge is 2.34. The van der Waals surface area contributed by atoms with E-state index in [1.165, 1.54) is 12.0 Å². The number of nitrogens with zero attached hydrogens (tertiary/aromatic N) is 2. The third-order valence-corrected chi connectivity index (χ3v) is 4.20. The highest BCUT2D eigenvalue weighted by atomic mass is 16.3. The maximum Gasteiger partial charge on any atom is 0.0512 e. The molecule has 1 N–H and O–H groups in total. The third kappa shape index (κ3) is 4.95. The molecule has 1 atom stereocenters. The summed E-state index contributed by atoms with van der Waals surface area (Å²) in [5.74, 6) is 0. The molecule has 0 amide bonds. The van der Waals surface area contributed by atoms with Crippen LogP contribution in [0.4, 0.5) is 0 Å². The largest absolute Gasteiger partial charge is 0.396 e. The van der Waals surface area contributed by atoms with Gasteiger partial charge in [-0.25, -0.2) is 0 Å². The average molecular weight is 288 g/mol. The van der Waals surface area contributed by atoms with Crippen LogP contribution < -0.4 is 0 Å². The molecule has 1 aliphatic rings. The van der Waals surface area contributed by atoms with Crippen LogP contribution in [0.2, 0.25) is 0 Å². The summed E-state index contributed by atoms with van der Waals surface area (Å²) in [5, 5.41) is 9.84. The van der Waals surface area contributed by atoms with Crippen molar-refractivity contribution in [1.29, 1.82) is 0 Å². The van der Waals surface area contributed by atoms with Crippen molar-refractivity contribution in [3.63, 3.8) is 0 Å². The summed E-state index contributed by atoms with van der Waals surface area (Å²) in [4.78, 5) is 4.65. The normalized spacial score (nSPS) is 24.0. The summed E-state index contributed by atoms with van der Waals surface area (Å²) in [7, 11) is 4.18. The molecule has 1 heterocycles. The Labute approximate surface area is 128 Å². The van der Waals surface area contributed by atoms with Gasteiger partial charge >= 0.3 is 0 Å². The number of aliphatic hydroxyl groups is 1. The second-order valence-electron chi connectivity index (χ2n) is 6.55. The fraction of sp³-hybridized carbons (Fsp3) is 0.556. The lowest BCUT2D eigenvalue weighted by atomic mass is 9.80. The molecule has 3 heteroatoms. The van der Waals surface area contributed by atoms with E-state index in [9.17, 15) is 5.11 Å². The first kappa shape index (κ1) is 16.2. The zero-order valence-electron chi connectivity index (χ0n) is 13.3. The van der Waals surface area contributed by atoms with Gasteiger partial charge in [-0.2, -0.15) is 0 Å². The molecule has 1 fully saturated rings. The van der Waals surface area contributed by atoms with Crippen LogP contribution in [0.1, 0.15) is 18.4 Å². The lowest BCUT2D eigenvalue weighted by molar-refractivity contribution is 0.0180.